The molecule has 0 spiro atoms. The number of para-hydroxylation sites is 1. The third-order valence-electron chi connectivity index (χ3n) is 5.76. The van der Waals surface area contributed by atoms with Crippen LogP contribution in [0, 0.1) is 0 Å². The molecule has 0 aliphatic carbocycles. The number of H-pyrrole nitrogens is 1. The van der Waals surface area contributed by atoms with Gasteiger partial charge in [-0.1, -0.05) is 18.2 Å². The number of benzene rings is 1. The Labute approximate surface area is 178 Å². The van der Waals surface area contributed by atoms with E-state index in [-0.39, 0.29) is 5.91 Å². The van der Waals surface area contributed by atoms with Gasteiger partial charge in [-0.3, -0.25) is 4.79 Å². The van der Waals surface area contributed by atoms with Gasteiger partial charge >= 0.3 is 6.18 Å². The van der Waals surface area contributed by atoms with E-state index in [0.29, 0.717) is 38.4 Å². The number of pyridine rings is 1. The van der Waals surface area contributed by atoms with Crippen molar-refractivity contribution in [3.05, 3.63) is 59.9 Å². The van der Waals surface area contributed by atoms with Crippen LogP contribution in [0.5, 0.6) is 0 Å². The summed E-state index contributed by atoms with van der Waals surface area (Å²) in [7, 11) is 0. The number of fused-ring (bicyclic) bond motifs is 1. The molecule has 2 aromatic heterocycles. The minimum absolute atomic E-state index is 0.127. The predicted molar refractivity (Wildman–Crippen MR) is 114 cm³/mol. The van der Waals surface area contributed by atoms with Crippen molar-refractivity contribution in [1.82, 2.24) is 14.9 Å². The van der Waals surface area contributed by atoms with Crippen molar-refractivity contribution >= 4 is 22.6 Å². The van der Waals surface area contributed by atoms with Crippen LogP contribution in [0.25, 0.3) is 10.9 Å². The van der Waals surface area contributed by atoms with Crippen LogP contribution in [0.3, 0.4) is 0 Å². The van der Waals surface area contributed by atoms with Crippen LogP contribution in [-0.2, 0) is 17.4 Å². The number of hydrogen-bond donors (Lipinski definition) is 1. The summed E-state index contributed by atoms with van der Waals surface area (Å²) in [6.45, 7) is 2.43. The van der Waals surface area contributed by atoms with E-state index < -0.39 is 11.7 Å². The number of carbonyl (C=O) groups excluding carboxylic acids is 1. The van der Waals surface area contributed by atoms with E-state index in [1.54, 1.807) is 0 Å². The molecule has 164 valence electrons. The largest absolute Gasteiger partial charge is 0.417 e. The van der Waals surface area contributed by atoms with Crippen molar-refractivity contribution in [2.75, 3.05) is 31.1 Å². The van der Waals surface area contributed by atoms with Crippen LogP contribution in [0.15, 0.2) is 48.8 Å². The van der Waals surface area contributed by atoms with Gasteiger partial charge in [0.1, 0.15) is 5.82 Å². The second kappa shape index (κ2) is 8.99. The summed E-state index contributed by atoms with van der Waals surface area (Å²) in [4.78, 5) is 23.7. The van der Waals surface area contributed by atoms with Crippen LogP contribution in [0.1, 0.15) is 30.4 Å². The smallest absolute Gasteiger partial charge is 0.361 e. The number of aromatic nitrogens is 2. The molecule has 1 fully saturated rings. The van der Waals surface area contributed by atoms with Crippen molar-refractivity contribution in [1.29, 1.82) is 0 Å². The topological polar surface area (TPSA) is 52.2 Å². The second-order valence-electron chi connectivity index (χ2n) is 7.84. The Hall–Kier alpha value is -3.03. The molecule has 3 aromatic rings. The van der Waals surface area contributed by atoms with Crippen molar-refractivity contribution in [3.8, 4) is 0 Å². The van der Waals surface area contributed by atoms with Crippen molar-refractivity contribution in [2.45, 2.75) is 31.9 Å². The zero-order valence-electron chi connectivity index (χ0n) is 17.2. The van der Waals surface area contributed by atoms with Crippen LogP contribution in [0.2, 0.25) is 0 Å². The molecule has 1 amide bonds. The lowest BCUT2D eigenvalue weighted by atomic mass is 10.1. The van der Waals surface area contributed by atoms with Crippen molar-refractivity contribution in [3.63, 3.8) is 0 Å². The van der Waals surface area contributed by atoms with Gasteiger partial charge < -0.3 is 14.8 Å². The zero-order valence-corrected chi connectivity index (χ0v) is 17.2. The Bertz CT molecular complexity index is 1030. The van der Waals surface area contributed by atoms with E-state index in [0.717, 1.165) is 37.0 Å². The summed E-state index contributed by atoms with van der Waals surface area (Å²) in [5, 5.41) is 1.20. The number of hydrogen-bond acceptors (Lipinski definition) is 3. The molecule has 0 saturated carbocycles. The van der Waals surface area contributed by atoms with Crippen LogP contribution in [0.4, 0.5) is 19.0 Å². The number of amides is 1. The molecular weight excluding hydrogens is 405 g/mol. The van der Waals surface area contributed by atoms with E-state index in [2.05, 4.69) is 16.0 Å². The number of alkyl halides is 3. The Morgan fingerprint density at radius 2 is 1.90 bits per heavy atom. The first-order valence-corrected chi connectivity index (χ1v) is 10.5. The average Bonchev–Trinajstić information content (AvgIpc) is 3.00. The summed E-state index contributed by atoms with van der Waals surface area (Å²) < 4.78 is 38.2. The number of anilines is 1. The number of nitrogens with zero attached hydrogens (tertiary/aromatic N) is 3. The van der Waals surface area contributed by atoms with Gasteiger partial charge in [0, 0.05) is 55.9 Å². The van der Waals surface area contributed by atoms with Gasteiger partial charge in [-0.05, 0) is 43.0 Å². The third kappa shape index (κ3) is 5.00. The van der Waals surface area contributed by atoms with Crippen LogP contribution in [-0.4, -0.2) is 47.0 Å². The van der Waals surface area contributed by atoms with E-state index in [9.17, 15) is 18.0 Å². The molecule has 0 radical (unpaired) electrons. The van der Waals surface area contributed by atoms with E-state index >= 15 is 0 Å². The molecule has 8 heteroatoms. The summed E-state index contributed by atoms with van der Waals surface area (Å²) >= 11 is 0. The van der Waals surface area contributed by atoms with E-state index in [4.69, 9.17) is 0 Å². The van der Waals surface area contributed by atoms with Crippen molar-refractivity contribution < 1.29 is 18.0 Å². The maximum Gasteiger partial charge on any atom is 0.417 e. The predicted octanol–water partition coefficient (Wildman–Crippen LogP) is 4.64. The first-order chi connectivity index (χ1) is 14.9. The minimum Gasteiger partial charge on any atom is -0.361 e. The normalized spacial score (nSPS) is 15.3. The Morgan fingerprint density at radius 1 is 1.06 bits per heavy atom. The quantitative estimate of drug-likeness (QED) is 0.642. The fraction of sp³-hybridized carbons (Fsp3) is 0.391. The number of aryl methyl sites for hydroxylation is 1. The molecule has 0 bridgehead atoms. The first-order valence-electron chi connectivity index (χ1n) is 10.5. The molecule has 0 atom stereocenters. The lowest BCUT2D eigenvalue weighted by Crippen LogP contribution is -2.35. The van der Waals surface area contributed by atoms with Gasteiger partial charge in [-0.15, -0.1) is 0 Å². The number of halogens is 3. The fourth-order valence-electron chi connectivity index (χ4n) is 4.06. The number of aromatic amines is 1. The number of carbonyl (C=O) groups is 1. The van der Waals surface area contributed by atoms with Gasteiger partial charge in [0.15, 0.2) is 0 Å². The summed E-state index contributed by atoms with van der Waals surface area (Å²) in [5.41, 5.74) is 1.57. The van der Waals surface area contributed by atoms with Crippen LogP contribution >= 0.6 is 0 Å². The Morgan fingerprint density at radius 3 is 2.68 bits per heavy atom. The minimum atomic E-state index is -4.39. The Kier molecular flexibility index (Phi) is 6.15. The van der Waals surface area contributed by atoms with Gasteiger partial charge in [-0.2, -0.15) is 13.2 Å². The molecule has 31 heavy (non-hydrogen) atoms. The second-order valence-corrected chi connectivity index (χ2v) is 7.84. The molecule has 3 heterocycles. The Balaban J connectivity index is 1.28. The van der Waals surface area contributed by atoms with Gasteiger partial charge in [0.25, 0.3) is 0 Å². The average molecular weight is 430 g/mol. The highest BCUT2D eigenvalue weighted by Gasteiger charge is 2.31. The van der Waals surface area contributed by atoms with Gasteiger partial charge in [-0.25, -0.2) is 4.98 Å². The molecule has 1 N–H and O–H groups in total. The highest BCUT2D eigenvalue weighted by atomic mass is 19.4. The highest BCUT2D eigenvalue weighted by Crippen LogP contribution is 2.29. The maximum absolute atomic E-state index is 12.7. The molecule has 1 aliphatic rings. The SMILES string of the molecule is O=C(CCCc1c[nH]c2ccccc12)N1CCCN(c2ccc(C(F)(F)F)cn2)CC1. The first kappa shape index (κ1) is 21.2. The molecule has 5 nitrogen and oxygen atoms in total. The maximum atomic E-state index is 12.7. The summed E-state index contributed by atoms with van der Waals surface area (Å²) in [6.07, 6.45) is 1.35. The highest BCUT2D eigenvalue weighted by molar-refractivity contribution is 5.83. The molecule has 1 saturated heterocycles. The number of rotatable bonds is 5. The lowest BCUT2D eigenvalue weighted by Gasteiger charge is -2.23. The molecule has 0 unspecified atom stereocenters. The van der Waals surface area contributed by atoms with Gasteiger partial charge in [0.2, 0.25) is 5.91 Å². The lowest BCUT2D eigenvalue weighted by molar-refractivity contribution is -0.137. The molecule has 1 aromatic carbocycles. The molecule has 4 rings (SSSR count). The monoisotopic (exact) mass is 430 g/mol. The van der Waals surface area contributed by atoms with E-state index in [1.807, 2.05) is 34.2 Å². The number of nitrogens with one attached hydrogen (secondary N) is 1. The zero-order chi connectivity index (χ0) is 21.8. The summed E-state index contributed by atoms with van der Waals surface area (Å²) in [5.74, 6) is 0.642. The van der Waals surface area contributed by atoms with Gasteiger partial charge in [0.05, 0.1) is 5.56 Å². The van der Waals surface area contributed by atoms with Crippen LogP contribution < -0.4 is 4.90 Å². The molecule has 1 aliphatic heterocycles. The van der Waals surface area contributed by atoms with E-state index in [1.165, 1.54) is 17.0 Å². The summed E-state index contributed by atoms with van der Waals surface area (Å²) in [6, 6.07) is 10.6. The standard InChI is InChI=1S/C23H25F3N4O/c24-23(25,26)18-9-10-21(28-16-18)29-11-4-12-30(14-13-29)22(31)8-3-5-17-15-27-20-7-2-1-6-19(17)20/h1-2,6-7,9-10,15-16,27H,3-5,8,11-14H2. The molecular formula is C23H25F3N4O. The third-order valence-corrected chi connectivity index (χ3v) is 5.76. The van der Waals surface area contributed by atoms with Crippen molar-refractivity contribution in [2.24, 2.45) is 0 Å². The fourth-order valence-corrected chi connectivity index (χ4v) is 4.06.